The maximum atomic E-state index is 12.0. The molecule has 1 aliphatic heterocycles. The number of benzene rings is 1. The molecule has 19 heavy (non-hydrogen) atoms. The number of nitrogens with one attached hydrogen (secondary N) is 2. The van der Waals surface area contributed by atoms with E-state index in [1.165, 1.54) is 6.92 Å². The predicted octanol–water partition coefficient (Wildman–Crippen LogP) is 1.02. The minimum Gasteiger partial charge on any atom is -0.352 e. The summed E-state index contributed by atoms with van der Waals surface area (Å²) >= 11 is 0. The van der Waals surface area contributed by atoms with Gasteiger partial charge in [-0.25, -0.2) is 0 Å². The van der Waals surface area contributed by atoms with E-state index in [0.29, 0.717) is 13.2 Å². The van der Waals surface area contributed by atoms with Crippen molar-refractivity contribution in [1.82, 2.24) is 15.2 Å². The van der Waals surface area contributed by atoms with Gasteiger partial charge in [-0.3, -0.25) is 9.59 Å². The average Bonchev–Trinajstić information content (AvgIpc) is 2.71. The van der Waals surface area contributed by atoms with Crippen molar-refractivity contribution in [3.8, 4) is 0 Å². The van der Waals surface area contributed by atoms with E-state index in [0.717, 1.165) is 28.6 Å². The SMILES string of the molecule is CC(=O)NCn1c2c(c3ccccc31)C(=O)NCC2. The fraction of sp³-hybridized carbons (Fsp3) is 0.286. The Hall–Kier alpha value is -2.30. The first-order valence-corrected chi connectivity index (χ1v) is 6.31. The third kappa shape index (κ3) is 1.87. The number of nitrogens with zero attached hydrogens (tertiary/aromatic N) is 1. The van der Waals surface area contributed by atoms with E-state index in [1.807, 2.05) is 28.8 Å². The van der Waals surface area contributed by atoms with Crippen molar-refractivity contribution in [2.45, 2.75) is 20.0 Å². The normalized spacial score (nSPS) is 14.1. The van der Waals surface area contributed by atoms with Gasteiger partial charge in [0.25, 0.3) is 5.91 Å². The molecule has 2 N–H and O–H groups in total. The molecule has 0 atom stereocenters. The quantitative estimate of drug-likeness (QED) is 0.843. The molecule has 0 saturated carbocycles. The first-order valence-electron chi connectivity index (χ1n) is 6.31. The molecule has 0 saturated heterocycles. The van der Waals surface area contributed by atoms with Crippen LogP contribution in [0.3, 0.4) is 0 Å². The van der Waals surface area contributed by atoms with Crippen LogP contribution in [-0.2, 0) is 17.9 Å². The number of hydrogen-bond donors (Lipinski definition) is 2. The fourth-order valence-electron chi connectivity index (χ4n) is 2.62. The minimum atomic E-state index is -0.0770. The van der Waals surface area contributed by atoms with E-state index in [-0.39, 0.29) is 11.8 Å². The van der Waals surface area contributed by atoms with Gasteiger partial charge < -0.3 is 15.2 Å². The van der Waals surface area contributed by atoms with Gasteiger partial charge >= 0.3 is 0 Å². The Balaban J connectivity index is 2.19. The van der Waals surface area contributed by atoms with Gasteiger partial charge in [-0.05, 0) is 6.07 Å². The third-order valence-electron chi connectivity index (χ3n) is 3.44. The maximum Gasteiger partial charge on any atom is 0.253 e. The molecule has 1 aliphatic rings. The van der Waals surface area contributed by atoms with Crippen LogP contribution in [0.25, 0.3) is 10.9 Å². The van der Waals surface area contributed by atoms with Crippen LogP contribution in [0, 0.1) is 0 Å². The Morgan fingerprint density at radius 3 is 3.00 bits per heavy atom. The van der Waals surface area contributed by atoms with E-state index in [9.17, 15) is 9.59 Å². The zero-order chi connectivity index (χ0) is 13.4. The van der Waals surface area contributed by atoms with Crippen LogP contribution in [-0.4, -0.2) is 22.9 Å². The van der Waals surface area contributed by atoms with Gasteiger partial charge in [0.1, 0.15) is 0 Å². The van der Waals surface area contributed by atoms with Crippen LogP contribution in [0.15, 0.2) is 24.3 Å². The predicted molar refractivity (Wildman–Crippen MR) is 71.8 cm³/mol. The number of aromatic nitrogens is 1. The Labute approximate surface area is 110 Å². The van der Waals surface area contributed by atoms with Crippen molar-refractivity contribution in [2.75, 3.05) is 6.54 Å². The van der Waals surface area contributed by atoms with E-state index < -0.39 is 0 Å². The van der Waals surface area contributed by atoms with Crippen LogP contribution in [0.2, 0.25) is 0 Å². The number of fused-ring (bicyclic) bond motifs is 3. The molecular formula is C14H15N3O2. The third-order valence-corrected chi connectivity index (χ3v) is 3.44. The molecule has 0 radical (unpaired) electrons. The van der Waals surface area contributed by atoms with Crippen molar-refractivity contribution in [1.29, 1.82) is 0 Å². The zero-order valence-electron chi connectivity index (χ0n) is 10.7. The molecule has 3 rings (SSSR count). The van der Waals surface area contributed by atoms with Gasteiger partial charge in [-0.1, -0.05) is 18.2 Å². The van der Waals surface area contributed by atoms with E-state index in [4.69, 9.17) is 0 Å². The first-order chi connectivity index (χ1) is 9.18. The highest BCUT2D eigenvalue weighted by Crippen LogP contribution is 2.28. The number of amides is 2. The summed E-state index contributed by atoms with van der Waals surface area (Å²) in [7, 11) is 0. The van der Waals surface area contributed by atoms with Crippen LogP contribution >= 0.6 is 0 Å². The number of carbonyl (C=O) groups is 2. The van der Waals surface area contributed by atoms with Crippen LogP contribution < -0.4 is 10.6 Å². The van der Waals surface area contributed by atoms with Gasteiger partial charge in [-0.15, -0.1) is 0 Å². The molecule has 98 valence electrons. The van der Waals surface area contributed by atoms with Gasteiger partial charge in [0.05, 0.1) is 17.7 Å². The molecule has 1 aromatic carbocycles. The molecule has 5 heteroatoms. The summed E-state index contributed by atoms with van der Waals surface area (Å²) in [5.74, 6) is -0.106. The average molecular weight is 257 g/mol. The lowest BCUT2D eigenvalue weighted by Crippen LogP contribution is -2.33. The van der Waals surface area contributed by atoms with Gasteiger partial charge in [0.2, 0.25) is 5.91 Å². The summed E-state index contributed by atoms with van der Waals surface area (Å²) in [5, 5.41) is 6.61. The Morgan fingerprint density at radius 1 is 1.42 bits per heavy atom. The molecule has 0 fully saturated rings. The summed E-state index contributed by atoms with van der Waals surface area (Å²) < 4.78 is 2.02. The summed E-state index contributed by atoms with van der Waals surface area (Å²) in [6, 6.07) is 7.79. The highest BCUT2D eigenvalue weighted by atomic mass is 16.2. The molecule has 2 heterocycles. The molecule has 0 unspecified atom stereocenters. The molecule has 0 spiro atoms. The van der Waals surface area contributed by atoms with Crippen molar-refractivity contribution in [3.05, 3.63) is 35.5 Å². The fourth-order valence-corrected chi connectivity index (χ4v) is 2.62. The number of carbonyl (C=O) groups excluding carboxylic acids is 2. The van der Waals surface area contributed by atoms with E-state index in [2.05, 4.69) is 10.6 Å². The van der Waals surface area contributed by atoms with Crippen molar-refractivity contribution >= 4 is 22.7 Å². The largest absolute Gasteiger partial charge is 0.352 e. The summed E-state index contributed by atoms with van der Waals surface area (Å²) in [4.78, 5) is 23.1. The van der Waals surface area contributed by atoms with Gasteiger partial charge in [0.15, 0.2) is 0 Å². The van der Waals surface area contributed by atoms with Crippen molar-refractivity contribution in [3.63, 3.8) is 0 Å². The Morgan fingerprint density at radius 2 is 2.21 bits per heavy atom. The topological polar surface area (TPSA) is 63.1 Å². The molecular weight excluding hydrogens is 242 g/mol. The molecule has 2 amide bonds. The zero-order valence-corrected chi connectivity index (χ0v) is 10.7. The van der Waals surface area contributed by atoms with E-state index >= 15 is 0 Å². The molecule has 0 bridgehead atoms. The summed E-state index contributed by atoms with van der Waals surface area (Å²) in [5.41, 5.74) is 2.73. The van der Waals surface area contributed by atoms with Crippen LogP contribution in [0.1, 0.15) is 23.0 Å². The molecule has 5 nitrogen and oxygen atoms in total. The second kappa shape index (κ2) is 4.42. The minimum absolute atomic E-state index is 0.0287. The smallest absolute Gasteiger partial charge is 0.253 e. The summed E-state index contributed by atoms with van der Waals surface area (Å²) in [6.45, 7) is 2.53. The van der Waals surface area contributed by atoms with Crippen molar-refractivity contribution in [2.24, 2.45) is 0 Å². The number of rotatable bonds is 2. The number of hydrogen-bond acceptors (Lipinski definition) is 2. The lowest BCUT2D eigenvalue weighted by molar-refractivity contribution is -0.119. The molecule has 0 aliphatic carbocycles. The van der Waals surface area contributed by atoms with Crippen LogP contribution in [0.4, 0.5) is 0 Å². The van der Waals surface area contributed by atoms with Crippen molar-refractivity contribution < 1.29 is 9.59 Å². The van der Waals surface area contributed by atoms with Gasteiger partial charge in [0, 0.05) is 31.0 Å². The van der Waals surface area contributed by atoms with Crippen LogP contribution in [0.5, 0.6) is 0 Å². The highest BCUT2D eigenvalue weighted by molar-refractivity contribution is 6.09. The highest BCUT2D eigenvalue weighted by Gasteiger charge is 2.25. The number of para-hydroxylation sites is 1. The Kier molecular flexibility index (Phi) is 2.74. The van der Waals surface area contributed by atoms with Gasteiger partial charge in [-0.2, -0.15) is 0 Å². The standard InChI is InChI=1S/C14H15N3O2/c1-9(18)16-8-17-11-5-3-2-4-10(11)13-12(17)6-7-15-14(13)19/h2-5H,6-8H2,1H3,(H,15,19)(H,16,18). The lowest BCUT2D eigenvalue weighted by Gasteiger charge is -2.16. The molecule has 1 aromatic heterocycles. The maximum absolute atomic E-state index is 12.0. The molecule has 2 aromatic rings. The second-order valence-electron chi connectivity index (χ2n) is 4.66. The second-order valence-corrected chi connectivity index (χ2v) is 4.66. The lowest BCUT2D eigenvalue weighted by atomic mass is 10.1. The summed E-state index contributed by atoms with van der Waals surface area (Å²) in [6.07, 6.45) is 0.787. The first kappa shape index (κ1) is 11.8. The van der Waals surface area contributed by atoms with E-state index in [1.54, 1.807) is 0 Å². The monoisotopic (exact) mass is 257 g/mol. The Bertz CT molecular complexity index is 673.